The summed E-state index contributed by atoms with van der Waals surface area (Å²) in [5, 5.41) is 8.90. The first-order valence-electron chi connectivity index (χ1n) is 4.43. The number of aliphatic carboxylic acids is 1. The molecule has 0 fully saturated rings. The van der Waals surface area contributed by atoms with Crippen LogP contribution >= 0.6 is 15.9 Å². The molecule has 2 nitrogen and oxygen atoms in total. The van der Waals surface area contributed by atoms with Crippen LogP contribution in [-0.2, 0) is 4.79 Å². The number of rotatable bonds is 2. The first-order chi connectivity index (χ1) is 6.45. The van der Waals surface area contributed by atoms with E-state index >= 15 is 0 Å². The van der Waals surface area contributed by atoms with Crippen molar-refractivity contribution in [3.8, 4) is 0 Å². The van der Waals surface area contributed by atoms with Gasteiger partial charge in [0, 0.05) is 4.47 Å². The highest BCUT2D eigenvalue weighted by atomic mass is 79.9. The molecule has 1 aromatic rings. The summed E-state index contributed by atoms with van der Waals surface area (Å²) in [7, 11) is 0. The Bertz CT molecular complexity index is 372. The fraction of sp³-hybridized carbons (Fsp3) is 0.364. The van der Waals surface area contributed by atoms with Crippen molar-refractivity contribution >= 4 is 21.9 Å². The lowest BCUT2D eigenvalue weighted by molar-refractivity contribution is -0.138. The van der Waals surface area contributed by atoms with Crippen molar-refractivity contribution in [3.63, 3.8) is 0 Å². The van der Waals surface area contributed by atoms with Gasteiger partial charge in [0.2, 0.25) is 0 Å². The van der Waals surface area contributed by atoms with Gasteiger partial charge in [-0.1, -0.05) is 28.1 Å². The predicted molar refractivity (Wildman–Crippen MR) is 59.7 cm³/mol. The number of carbonyl (C=O) groups is 1. The summed E-state index contributed by atoms with van der Waals surface area (Å²) in [6.45, 7) is 5.63. The summed E-state index contributed by atoms with van der Waals surface area (Å²) in [5.41, 5.74) is 3.01. The normalized spacial score (nSPS) is 12.6. The SMILES string of the molecule is Cc1ccc(C(C)C(=O)O)c(C)c1Br. The molecular weight excluding hydrogens is 244 g/mol. The van der Waals surface area contributed by atoms with Crippen LogP contribution in [0.4, 0.5) is 0 Å². The maximum Gasteiger partial charge on any atom is 0.310 e. The minimum Gasteiger partial charge on any atom is -0.481 e. The van der Waals surface area contributed by atoms with Gasteiger partial charge in [-0.2, -0.15) is 0 Å². The summed E-state index contributed by atoms with van der Waals surface area (Å²) in [5.74, 6) is -1.24. The van der Waals surface area contributed by atoms with Gasteiger partial charge >= 0.3 is 5.97 Å². The lowest BCUT2D eigenvalue weighted by atomic mass is 9.95. The zero-order chi connectivity index (χ0) is 10.9. The molecule has 76 valence electrons. The highest BCUT2D eigenvalue weighted by Crippen LogP contribution is 2.28. The number of carboxylic acids is 1. The van der Waals surface area contributed by atoms with E-state index in [0.717, 1.165) is 21.2 Å². The Kier molecular flexibility index (Phi) is 3.32. The molecule has 0 saturated carbocycles. The molecule has 0 aliphatic rings. The van der Waals surface area contributed by atoms with Gasteiger partial charge in [-0.15, -0.1) is 0 Å². The first kappa shape index (κ1) is 11.2. The van der Waals surface area contributed by atoms with Crippen molar-refractivity contribution in [2.45, 2.75) is 26.7 Å². The van der Waals surface area contributed by atoms with Crippen LogP contribution in [0.15, 0.2) is 16.6 Å². The van der Waals surface area contributed by atoms with Crippen LogP contribution in [0.3, 0.4) is 0 Å². The molecule has 0 aliphatic heterocycles. The van der Waals surface area contributed by atoms with Crippen molar-refractivity contribution in [2.75, 3.05) is 0 Å². The molecule has 14 heavy (non-hydrogen) atoms. The number of aryl methyl sites for hydroxylation is 1. The second-order valence-corrected chi connectivity index (χ2v) is 4.26. The van der Waals surface area contributed by atoms with E-state index in [2.05, 4.69) is 15.9 Å². The van der Waals surface area contributed by atoms with E-state index in [-0.39, 0.29) is 0 Å². The van der Waals surface area contributed by atoms with Crippen LogP contribution in [-0.4, -0.2) is 11.1 Å². The van der Waals surface area contributed by atoms with Crippen LogP contribution in [0.5, 0.6) is 0 Å². The Labute approximate surface area is 92.1 Å². The first-order valence-corrected chi connectivity index (χ1v) is 5.23. The Morgan fingerprint density at radius 2 is 2.00 bits per heavy atom. The van der Waals surface area contributed by atoms with Gasteiger partial charge in [0.05, 0.1) is 5.92 Å². The number of hydrogen-bond donors (Lipinski definition) is 1. The number of carboxylic acid groups (broad SMARTS) is 1. The van der Waals surface area contributed by atoms with Crippen LogP contribution in [0.2, 0.25) is 0 Å². The van der Waals surface area contributed by atoms with E-state index in [1.807, 2.05) is 26.0 Å². The van der Waals surface area contributed by atoms with Gasteiger partial charge in [-0.3, -0.25) is 4.79 Å². The van der Waals surface area contributed by atoms with Gasteiger partial charge in [-0.05, 0) is 37.5 Å². The minimum absolute atomic E-state index is 0.452. The van der Waals surface area contributed by atoms with E-state index in [4.69, 9.17) is 5.11 Å². The molecule has 0 heterocycles. The van der Waals surface area contributed by atoms with Gasteiger partial charge in [0.1, 0.15) is 0 Å². The molecular formula is C11H13BrO2. The zero-order valence-corrected chi connectivity index (χ0v) is 10.1. The molecule has 0 saturated heterocycles. The Balaban J connectivity index is 3.24. The summed E-state index contributed by atoms with van der Waals surface area (Å²) >= 11 is 3.45. The lowest BCUT2D eigenvalue weighted by Crippen LogP contribution is -2.09. The Morgan fingerprint density at radius 1 is 1.43 bits per heavy atom. The van der Waals surface area contributed by atoms with Crippen LogP contribution in [0, 0.1) is 13.8 Å². The quantitative estimate of drug-likeness (QED) is 0.882. The smallest absolute Gasteiger partial charge is 0.310 e. The van der Waals surface area contributed by atoms with E-state index in [1.165, 1.54) is 0 Å². The molecule has 1 atom stereocenters. The number of halogens is 1. The maximum absolute atomic E-state index is 10.8. The van der Waals surface area contributed by atoms with Crippen molar-refractivity contribution < 1.29 is 9.90 Å². The van der Waals surface area contributed by atoms with Crippen molar-refractivity contribution in [3.05, 3.63) is 33.3 Å². The number of benzene rings is 1. The molecule has 0 spiro atoms. The Hall–Kier alpha value is -0.830. The summed E-state index contributed by atoms with van der Waals surface area (Å²) in [4.78, 5) is 10.8. The fourth-order valence-electron chi connectivity index (χ4n) is 1.44. The number of hydrogen-bond acceptors (Lipinski definition) is 1. The highest BCUT2D eigenvalue weighted by molar-refractivity contribution is 9.10. The minimum atomic E-state index is -0.788. The second kappa shape index (κ2) is 4.13. The molecule has 0 aliphatic carbocycles. The third-order valence-corrected chi connectivity index (χ3v) is 3.68. The van der Waals surface area contributed by atoms with Crippen molar-refractivity contribution in [2.24, 2.45) is 0 Å². The average molecular weight is 257 g/mol. The molecule has 0 radical (unpaired) electrons. The molecule has 1 N–H and O–H groups in total. The third kappa shape index (κ3) is 1.98. The lowest BCUT2D eigenvalue weighted by Gasteiger charge is -2.13. The summed E-state index contributed by atoms with van der Waals surface area (Å²) < 4.78 is 1.00. The topological polar surface area (TPSA) is 37.3 Å². The molecule has 1 unspecified atom stereocenters. The van der Waals surface area contributed by atoms with Crippen molar-refractivity contribution in [1.29, 1.82) is 0 Å². The maximum atomic E-state index is 10.8. The molecule has 1 rings (SSSR count). The molecule has 0 bridgehead atoms. The van der Waals surface area contributed by atoms with Crippen LogP contribution in [0.25, 0.3) is 0 Å². The van der Waals surface area contributed by atoms with E-state index in [1.54, 1.807) is 6.92 Å². The molecule has 3 heteroatoms. The largest absolute Gasteiger partial charge is 0.481 e. The molecule has 1 aromatic carbocycles. The van der Waals surface area contributed by atoms with Crippen molar-refractivity contribution in [1.82, 2.24) is 0 Å². The van der Waals surface area contributed by atoms with E-state index in [9.17, 15) is 4.79 Å². The summed E-state index contributed by atoms with van der Waals surface area (Å²) in [6, 6.07) is 3.82. The Morgan fingerprint density at radius 3 is 2.50 bits per heavy atom. The average Bonchev–Trinajstić information content (AvgIpc) is 2.13. The summed E-state index contributed by atoms with van der Waals surface area (Å²) in [6.07, 6.45) is 0. The monoisotopic (exact) mass is 256 g/mol. The van der Waals surface area contributed by atoms with Gasteiger partial charge in [0.15, 0.2) is 0 Å². The van der Waals surface area contributed by atoms with Gasteiger partial charge in [-0.25, -0.2) is 0 Å². The van der Waals surface area contributed by atoms with Gasteiger partial charge in [0.25, 0.3) is 0 Å². The van der Waals surface area contributed by atoms with E-state index in [0.29, 0.717) is 0 Å². The van der Waals surface area contributed by atoms with Gasteiger partial charge < -0.3 is 5.11 Å². The standard InChI is InChI=1S/C11H13BrO2/c1-6-4-5-9(7(2)10(6)12)8(3)11(13)14/h4-5,8H,1-3H3,(H,13,14). The zero-order valence-electron chi connectivity index (χ0n) is 8.47. The molecule has 0 amide bonds. The second-order valence-electron chi connectivity index (χ2n) is 3.47. The van der Waals surface area contributed by atoms with E-state index < -0.39 is 11.9 Å². The third-order valence-electron chi connectivity index (χ3n) is 2.46. The molecule has 0 aromatic heterocycles. The predicted octanol–water partition coefficient (Wildman–Crippen LogP) is 3.25. The highest BCUT2D eigenvalue weighted by Gasteiger charge is 2.17. The fourth-order valence-corrected chi connectivity index (χ4v) is 1.80. The van der Waals surface area contributed by atoms with Crippen LogP contribution in [0.1, 0.15) is 29.5 Å². The van der Waals surface area contributed by atoms with Crippen LogP contribution < -0.4 is 0 Å².